The van der Waals surface area contributed by atoms with E-state index in [2.05, 4.69) is 0 Å². The maximum atomic E-state index is 13.0. The van der Waals surface area contributed by atoms with E-state index in [4.69, 9.17) is 5.73 Å². The summed E-state index contributed by atoms with van der Waals surface area (Å²) in [6.07, 6.45) is 2.66. The summed E-state index contributed by atoms with van der Waals surface area (Å²) in [4.78, 5) is 0.301. The van der Waals surface area contributed by atoms with E-state index in [1.54, 1.807) is 18.3 Å². The van der Waals surface area contributed by atoms with Crippen molar-refractivity contribution >= 4 is 20.9 Å². The third kappa shape index (κ3) is 2.28. The summed E-state index contributed by atoms with van der Waals surface area (Å²) in [5, 5.41) is 0.973. The molecule has 1 saturated carbocycles. The Morgan fingerprint density at radius 2 is 1.74 bits per heavy atom. The molecule has 0 saturated heterocycles. The summed E-state index contributed by atoms with van der Waals surface area (Å²) in [6.45, 7) is 1.94. The number of para-hydroxylation sites is 1. The van der Waals surface area contributed by atoms with Gasteiger partial charge < -0.3 is 5.73 Å². The van der Waals surface area contributed by atoms with Crippen molar-refractivity contribution in [2.75, 3.05) is 0 Å². The lowest BCUT2D eigenvalue weighted by atomic mass is 10.1. The minimum absolute atomic E-state index is 0.135. The second-order valence-electron chi connectivity index (χ2n) is 6.22. The van der Waals surface area contributed by atoms with Crippen molar-refractivity contribution in [2.24, 2.45) is 5.73 Å². The quantitative estimate of drug-likeness (QED) is 0.804. The number of nitrogens with two attached hydrogens (primary N) is 1. The molecule has 118 valence electrons. The number of aromatic nitrogens is 1. The van der Waals surface area contributed by atoms with Crippen LogP contribution in [0.3, 0.4) is 0 Å². The molecule has 4 rings (SSSR count). The standard InChI is InChI=1S/C18H18N2O2S/c1-12-6-8-13(9-7-12)23(21,22)20-11-16(15-10-17(15)19)14-4-2-3-5-18(14)20/h2-9,11,15,17H,10,19H2,1H3/t15-,17+/m0/s1. The highest BCUT2D eigenvalue weighted by molar-refractivity contribution is 7.90. The third-order valence-corrected chi connectivity index (χ3v) is 6.21. The van der Waals surface area contributed by atoms with E-state index in [0.29, 0.717) is 10.4 Å². The van der Waals surface area contributed by atoms with Gasteiger partial charge in [0.1, 0.15) is 0 Å². The Morgan fingerprint density at radius 3 is 2.39 bits per heavy atom. The molecule has 0 spiro atoms. The van der Waals surface area contributed by atoms with Gasteiger partial charge in [-0.15, -0.1) is 0 Å². The first kappa shape index (κ1) is 14.5. The molecule has 0 unspecified atom stereocenters. The molecule has 2 aromatic carbocycles. The molecule has 1 aromatic heterocycles. The van der Waals surface area contributed by atoms with Crippen LogP contribution in [0.25, 0.3) is 10.9 Å². The summed E-state index contributed by atoms with van der Waals surface area (Å²) in [5.74, 6) is 0.259. The zero-order chi connectivity index (χ0) is 16.2. The van der Waals surface area contributed by atoms with E-state index in [1.165, 1.54) is 3.97 Å². The molecule has 1 fully saturated rings. The fourth-order valence-electron chi connectivity index (χ4n) is 3.07. The molecule has 2 N–H and O–H groups in total. The van der Waals surface area contributed by atoms with Gasteiger partial charge in [0, 0.05) is 23.5 Å². The van der Waals surface area contributed by atoms with E-state index in [1.807, 2.05) is 43.3 Å². The summed E-state index contributed by atoms with van der Waals surface area (Å²) < 4.78 is 27.5. The third-order valence-electron chi connectivity index (χ3n) is 4.53. The number of hydrogen-bond donors (Lipinski definition) is 1. The molecule has 1 heterocycles. The maximum absolute atomic E-state index is 13.0. The minimum Gasteiger partial charge on any atom is -0.327 e. The Labute approximate surface area is 135 Å². The highest BCUT2D eigenvalue weighted by Gasteiger charge is 2.37. The normalized spacial score (nSPS) is 20.8. The number of benzene rings is 2. The van der Waals surface area contributed by atoms with Crippen LogP contribution >= 0.6 is 0 Å². The van der Waals surface area contributed by atoms with Crippen molar-refractivity contribution in [2.45, 2.75) is 30.2 Å². The molecule has 0 radical (unpaired) electrons. The topological polar surface area (TPSA) is 65.1 Å². The maximum Gasteiger partial charge on any atom is 0.268 e. The monoisotopic (exact) mass is 326 g/mol. The van der Waals surface area contributed by atoms with Gasteiger partial charge in [-0.05, 0) is 37.1 Å². The predicted molar refractivity (Wildman–Crippen MR) is 91.0 cm³/mol. The average Bonchev–Trinajstić information content (AvgIpc) is 3.12. The number of rotatable bonds is 3. The molecule has 2 atom stereocenters. The molecule has 0 amide bonds. The van der Waals surface area contributed by atoms with Gasteiger partial charge in [0.25, 0.3) is 10.0 Å². The van der Waals surface area contributed by atoms with Crippen molar-refractivity contribution < 1.29 is 8.42 Å². The predicted octanol–water partition coefficient (Wildman–Crippen LogP) is 3.00. The second-order valence-corrected chi connectivity index (χ2v) is 8.04. The first-order valence-electron chi connectivity index (χ1n) is 7.66. The largest absolute Gasteiger partial charge is 0.327 e. The molecule has 23 heavy (non-hydrogen) atoms. The number of hydrogen-bond acceptors (Lipinski definition) is 3. The summed E-state index contributed by atoms with van der Waals surface area (Å²) >= 11 is 0. The van der Waals surface area contributed by atoms with Gasteiger partial charge in [0.2, 0.25) is 0 Å². The van der Waals surface area contributed by atoms with Gasteiger partial charge in [0.15, 0.2) is 0 Å². The highest BCUT2D eigenvalue weighted by Crippen LogP contribution is 2.43. The Kier molecular flexibility index (Phi) is 3.11. The zero-order valence-electron chi connectivity index (χ0n) is 12.8. The summed E-state index contributed by atoms with van der Waals surface area (Å²) in [5.41, 5.74) is 8.75. The molecule has 1 aliphatic rings. The van der Waals surface area contributed by atoms with E-state index in [-0.39, 0.29) is 12.0 Å². The fourth-order valence-corrected chi connectivity index (χ4v) is 4.44. The molecule has 0 aliphatic heterocycles. The van der Waals surface area contributed by atoms with Crippen LogP contribution in [-0.2, 0) is 10.0 Å². The van der Waals surface area contributed by atoms with Crippen LogP contribution in [0.2, 0.25) is 0 Å². The molecule has 4 nitrogen and oxygen atoms in total. The van der Waals surface area contributed by atoms with Crippen LogP contribution in [0.15, 0.2) is 59.6 Å². The Morgan fingerprint density at radius 1 is 1.09 bits per heavy atom. The van der Waals surface area contributed by atoms with Crippen LogP contribution in [-0.4, -0.2) is 18.4 Å². The highest BCUT2D eigenvalue weighted by atomic mass is 32.2. The van der Waals surface area contributed by atoms with Gasteiger partial charge in [-0.1, -0.05) is 35.9 Å². The number of fused-ring (bicyclic) bond motifs is 1. The van der Waals surface area contributed by atoms with E-state index >= 15 is 0 Å². The van der Waals surface area contributed by atoms with Crippen molar-refractivity contribution in [1.82, 2.24) is 3.97 Å². The molecule has 5 heteroatoms. The lowest BCUT2D eigenvalue weighted by Gasteiger charge is -2.07. The number of nitrogens with zero attached hydrogens (tertiary/aromatic N) is 1. The Bertz CT molecular complexity index is 988. The minimum atomic E-state index is -3.61. The van der Waals surface area contributed by atoms with Crippen LogP contribution in [0.1, 0.15) is 23.5 Å². The first-order chi connectivity index (χ1) is 11.0. The molecular weight excluding hydrogens is 308 g/mol. The summed E-state index contributed by atoms with van der Waals surface area (Å²) in [7, 11) is -3.61. The SMILES string of the molecule is Cc1ccc(S(=O)(=O)n2cc([C@@H]3C[C@H]3N)c3ccccc32)cc1. The van der Waals surface area contributed by atoms with E-state index < -0.39 is 10.0 Å². The Balaban J connectivity index is 1.93. The van der Waals surface area contributed by atoms with Crippen molar-refractivity contribution in [1.29, 1.82) is 0 Å². The van der Waals surface area contributed by atoms with Crippen molar-refractivity contribution in [3.63, 3.8) is 0 Å². The second kappa shape index (κ2) is 4.94. The van der Waals surface area contributed by atoms with Crippen molar-refractivity contribution in [3.8, 4) is 0 Å². The van der Waals surface area contributed by atoms with Gasteiger partial charge in [-0.2, -0.15) is 0 Å². The van der Waals surface area contributed by atoms with Crippen LogP contribution in [0.4, 0.5) is 0 Å². The smallest absolute Gasteiger partial charge is 0.268 e. The van der Waals surface area contributed by atoms with Gasteiger partial charge in [-0.25, -0.2) is 12.4 Å². The van der Waals surface area contributed by atoms with Gasteiger partial charge in [0.05, 0.1) is 10.4 Å². The lowest BCUT2D eigenvalue weighted by molar-refractivity contribution is 0.589. The lowest BCUT2D eigenvalue weighted by Crippen LogP contribution is -2.11. The fraction of sp³-hybridized carbons (Fsp3) is 0.222. The Hall–Kier alpha value is -2.11. The molecule has 1 aliphatic carbocycles. The first-order valence-corrected chi connectivity index (χ1v) is 9.10. The van der Waals surface area contributed by atoms with E-state index in [0.717, 1.165) is 22.9 Å². The van der Waals surface area contributed by atoms with Gasteiger partial charge in [-0.3, -0.25) is 0 Å². The number of aryl methyl sites for hydroxylation is 1. The van der Waals surface area contributed by atoms with Crippen LogP contribution in [0.5, 0.6) is 0 Å². The summed E-state index contributed by atoms with van der Waals surface area (Å²) in [6, 6.07) is 14.7. The van der Waals surface area contributed by atoms with Crippen LogP contribution in [0, 0.1) is 6.92 Å². The van der Waals surface area contributed by atoms with Gasteiger partial charge >= 0.3 is 0 Å². The van der Waals surface area contributed by atoms with E-state index in [9.17, 15) is 8.42 Å². The van der Waals surface area contributed by atoms with Crippen molar-refractivity contribution in [3.05, 3.63) is 65.9 Å². The molecule has 3 aromatic rings. The molecule has 0 bridgehead atoms. The van der Waals surface area contributed by atoms with Crippen LogP contribution < -0.4 is 5.73 Å². The molecular formula is C18H18N2O2S. The average molecular weight is 326 g/mol. The zero-order valence-corrected chi connectivity index (χ0v) is 13.6.